The summed E-state index contributed by atoms with van der Waals surface area (Å²) in [7, 11) is 0. The lowest BCUT2D eigenvalue weighted by atomic mass is 9.99. The molecule has 2 aliphatic rings. The van der Waals surface area contributed by atoms with Gasteiger partial charge in [-0.3, -0.25) is 4.79 Å². The molecule has 23 heavy (non-hydrogen) atoms. The number of fused-ring (bicyclic) bond motifs is 2. The SMILES string of the molecule is O=C(NC1CN2CC[C@H]1C2)c1ccc(Sc2ncc(Cl)o2)cc1. The summed E-state index contributed by atoms with van der Waals surface area (Å²) in [5.74, 6) is 0.614. The summed E-state index contributed by atoms with van der Waals surface area (Å²) >= 11 is 7.07. The van der Waals surface area contributed by atoms with Gasteiger partial charge < -0.3 is 14.6 Å². The zero-order valence-electron chi connectivity index (χ0n) is 12.4. The molecule has 5 nitrogen and oxygen atoms in total. The highest BCUT2D eigenvalue weighted by molar-refractivity contribution is 7.99. The lowest BCUT2D eigenvalue weighted by molar-refractivity contribution is 0.0924. The van der Waals surface area contributed by atoms with Gasteiger partial charge in [0.1, 0.15) is 0 Å². The molecular formula is C16H16ClN3O2S. The smallest absolute Gasteiger partial charge is 0.261 e. The molecule has 7 heteroatoms. The molecule has 0 aliphatic carbocycles. The van der Waals surface area contributed by atoms with E-state index in [-0.39, 0.29) is 11.1 Å². The number of hydrogen-bond donors (Lipinski definition) is 1. The number of aromatic nitrogens is 1. The van der Waals surface area contributed by atoms with E-state index in [1.165, 1.54) is 30.9 Å². The fourth-order valence-corrected chi connectivity index (χ4v) is 4.14. The summed E-state index contributed by atoms with van der Waals surface area (Å²) in [5.41, 5.74) is 0.678. The maximum Gasteiger partial charge on any atom is 0.261 e. The molecular weight excluding hydrogens is 334 g/mol. The molecule has 120 valence electrons. The van der Waals surface area contributed by atoms with Crippen molar-refractivity contribution in [2.24, 2.45) is 5.92 Å². The zero-order valence-corrected chi connectivity index (χ0v) is 13.9. The number of piperidine rings is 1. The summed E-state index contributed by atoms with van der Waals surface area (Å²) in [5, 5.41) is 3.92. The molecule has 2 saturated heterocycles. The van der Waals surface area contributed by atoms with Crippen molar-refractivity contribution in [3.63, 3.8) is 0 Å². The Morgan fingerprint density at radius 1 is 1.35 bits per heavy atom. The van der Waals surface area contributed by atoms with E-state index in [0.717, 1.165) is 18.0 Å². The average molecular weight is 350 g/mol. The Labute approximate surface area is 143 Å². The minimum Gasteiger partial charge on any atom is -0.419 e. The second-order valence-electron chi connectivity index (χ2n) is 5.95. The van der Waals surface area contributed by atoms with Gasteiger partial charge in [-0.05, 0) is 66.5 Å². The lowest BCUT2D eigenvalue weighted by Crippen LogP contribution is -2.43. The van der Waals surface area contributed by atoms with Gasteiger partial charge >= 0.3 is 0 Å². The van der Waals surface area contributed by atoms with Crippen molar-refractivity contribution in [3.05, 3.63) is 41.2 Å². The maximum atomic E-state index is 12.4. The Balaban J connectivity index is 1.38. The molecule has 2 bridgehead atoms. The highest BCUT2D eigenvalue weighted by Crippen LogP contribution is 2.29. The lowest BCUT2D eigenvalue weighted by Gasteiger charge is -2.23. The molecule has 0 spiro atoms. The number of rotatable bonds is 4. The molecule has 4 rings (SSSR count). The number of nitrogens with zero attached hydrogens (tertiary/aromatic N) is 2. The fraction of sp³-hybridized carbons (Fsp3) is 0.375. The first-order valence-corrected chi connectivity index (χ1v) is 8.79. The van der Waals surface area contributed by atoms with Crippen molar-refractivity contribution in [1.29, 1.82) is 0 Å². The van der Waals surface area contributed by atoms with Crippen LogP contribution in [0, 0.1) is 5.92 Å². The zero-order chi connectivity index (χ0) is 15.8. The Bertz CT molecular complexity index is 718. The van der Waals surface area contributed by atoms with Crippen molar-refractivity contribution in [2.45, 2.75) is 22.6 Å². The highest BCUT2D eigenvalue weighted by atomic mass is 35.5. The molecule has 3 atom stereocenters. The van der Waals surface area contributed by atoms with Crippen LogP contribution in [0.3, 0.4) is 0 Å². The second-order valence-corrected chi connectivity index (χ2v) is 7.34. The van der Waals surface area contributed by atoms with Gasteiger partial charge in [-0.2, -0.15) is 0 Å². The van der Waals surface area contributed by atoms with E-state index < -0.39 is 0 Å². The number of carbonyl (C=O) groups is 1. The van der Waals surface area contributed by atoms with E-state index in [1.54, 1.807) is 0 Å². The van der Waals surface area contributed by atoms with Gasteiger partial charge in [-0.1, -0.05) is 0 Å². The number of nitrogens with one attached hydrogen (secondary N) is 1. The van der Waals surface area contributed by atoms with Crippen LogP contribution >= 0.6 is 23.4 Å². The van der Waals surface area contributed by atoms with Gasteiger partial charge in [-0.15, -0.1) is 0 Å². The summed E-state index contributed by atoms with van der Waals surface area (Å²) < 4.78 is 5.22. The first-order chi connectivity index (χ1) is 11.2. The van der Waals surface area contributed by atoms with Gasteiger partial charge in [0.2, 0.25) is 5.22 Å². The van der Waals surface area contributed by atoms with Crippen LogP contribution in [0.5, 0.6) is 0 Å². The van der Waals surface area contributed by atoms with Gasteiger partial charge in [0, 0.05) is 29.6 Å². The maximum absolute atomic E-state index is 12.4. The summed E-state index contributed by atoms with van der Waals surface area (Å²) in [6, 6.07) is 7.73. The topological polar surface area (TPSA) is 58.4 Å². The first-order valence-electron chi connectivity index (χ1n) is 7.60. The Morgan fingerprint density at radius 2 is 2.17 bits per heavy atom. The third-order valence-corrected chi connectivity index (χ3v) is 5.47. The predicted octanol–water partition coefficient (Wildman–Crippen LogP) is 2.91. The van der Waals surface area contributed by atoms with Crippen LogP contribution in [0.2, 0.25) is 5.22 Å². The summed E-state index contributed by atoms with van der Waals surface area (Å²) in [4.78, 5) is 19.8. The molecule has 1 N–H and O–H groups in total. The molecule has 2 fully saturated rings. The van der Waals surface area contributed by atoms with E-state index >= 15 is 0 Å². The fourth-order valence-electron chi connectivity index (χ4n) is 3.26. The van der Waals surface area contributed by atoms with Gasteiger partial charge in [-0.25, -0.2) is 4.98 Å². The molecule has 1 aromatic carbocycles. The quantitative estimate of drug-likeness (QED) is 0.919. The number of halogens is 1. The largest absolute Gasteiger partial charge is 0.419 e. The molecule has 0 saturated carbocycles. The number of benzene rings is 1. The average Bonchev–Trinajstić information content (AvgIpc) is 3.25. The van der Waals surface area contributed by atoms with Crippen molar-refractivity contribution < 1.29 is 9.21 Å². The predicted molar refractivity (Wildman–Crippen MR) is 87.9 cm³/mol. The van der Waals surface area contributed by atoms with Crippen molar-refractivity contribution >= 4 is 29.3 Å². The second kappa shape index (κ2) is 6.19. The highest BCUT2D eigenvalue weighted by Gasteiger charge is 2.38. The van der Waals surface area contributed by atoms with Crippen LogP contribution in [0.4, 0.5) is 0 Å². The molecule has 3 heterocycles. The third-order valence-electron chi connectivity index (χ3n) is 4.43. The van der Waals surface area contributed by atoms with Crippen LogP contribution in [0.15, 0.2) is 45.0 Å². The normalized spacial score (nSPS) is 25.7. The van der Waals surface area contributed by atoms with Gasteiger partial charge in [0.25, 0.3) is 11.1 Å². The summed E-state index contributed by atoms with van der Waals surface area (Å²) in [6.07, 6.45) is 2.66. The molecule has 2 unspecified atom stereocenters. The van der Waals surface area contributed by atoms with Crippen LogP contribution in [-0.4, -0.2) is 41.5 Å². The number of oxazole rings is 1. The monoisotopic (exact) mass is 349 g/mol. The van der Waals surface area contributed by atoms with Crippen molar-refractivity contribution in [3.8, 4) is 0 Å². The first kappa shape index (κ1) is 15.1. The van der Waals surface area contributed by atoms with E-state index in [9.17, 15) is 4.79 Å². The van der Waals surface area contributed by atoms with E-state index in [0.29, 0.717) is 22.7 Å². The van der Waals surface area contributed by atoms with E-state index in [2.05, 4.69) is 15.2 Å². The minimum atomic E-state index is -0.000493. The Morgan fingerprint density at radius 3 is 2.78 bits per heavy atom. The van der Waals surface area contributed by atoms with Gasteiger partial charge in [0.05, 0.1) is 6.20 Å². The number of carbonyl (C=O) groups excluding carboxylic acids is 1. The number of hydrogen-bond acceptors (Lipinski definition) is 5. The molecule has 0 radical (unpaired) electrons. The van der Waals surface area contributed by atoms with E-state index in [1.807, 2.05) is 24.3 Å². The Kier molecular flexibility index (Phi) is 4.05. The van der Waals surface area contributed by atoms with Gasteiger partial charge in [0.15, 0.2) is 0 Å². The van der Waals surface area contributed by atoms with Crippen molar-refractivity contribution in [2.75, 3.05) is 19.6 Å². The van der Waals surface area contributed by atoms with Crippen LogP contribution in [-0.2, 0) is 0 Å². The third kappa shape index (κ3) is 3.24. The molecule has 2 aliphatic heterocycles. The molecule has 2 aromatic rings. The van der Waals surface area contributed by atoms with Crippen LogP contribution in [0.1, 0.15) is 16.8 Å². The number of amides is 1. The van der Waals surface area contributed by atoms with Crippen LogP contribution in [0.25, 0.3) is 0 Å². The summed E-state index contributed by atoms with van der Waals surface area (Å²) in [6.45, 7) is 3.28. The molecule has 1 amide bonds. The standard InChI is InChI=1S/C16H16ClN3O2S/c17-14-7-18-16(22-14)23-12-3-1-10(2-4-12)15(21)19-13-9-20-6-5-11(13)8-20/h1-4,7,11,13H,5-6,8-9H2,(H,19,21)/t11-,13?/m0/s1. The van der Waals surface area contributed by atoms with Crippen LogP contribution < -0.4 is 5.32 Å². The van der Waals surface area contributed by atoms with Crippen molar-refractivity contribution in [1.82, 2.24) is 15.2 Å². The minimum absolute atomic E-state index is 0.000493. The van der Waals surface area contributed by atoms with E-state index in [4.69, 9.17) is 16.0 Å². The Hall–Kier alpha value is -1.50. The molecule has 1 aromatic heterocycles.